The molecule has 4 nitrogen and oxygen atoms in total. The summed E-state index contributed by atoms with van der Waals surface area (Å²) in [6, 6.07) is 9.00. The maximum atomic E-state index is 12.3. The predicted molar refractivity (Wildman–Crippen MR) is 95.1 cm³/mol. The van der Waals surface area contributed by atoms with E-state index in [1.165, 1.54) is 11.1 Å². The number of carbonyl (C=O) groups is 1. The van der Waals surface area contributed by atoms with Gasteiger partial charge in [0.25, 0.3) is 0 Å². The van der Waals surface area contributed by atoms with Crippen LogP contribution in [0, 0.1) is 5.92 Å². The molecule has 0 bridgehead atoms. The van der Waals surface area contributed by atoms with Crippen LogP contribution in [0.5, 0.6) is 0 Å². The average Bonchev–Trinajstić information content (AvgIpc) is 2.58. The van der Waals surface area contributed by atoms with Gasteiger partial charge in [-0.05, 0) is 50.5 Å². The molecule has 2 atom stereocenters. The minimum Gasteiger partial charge on any atom is -0.352 e. The summed E-state index contributed by atoms with van der Waals surface area (Å²) in [6.45, 7) is 11.2. The molecule has 2 N–H and O–H groups in total. The van der Waals surface area contributed by atoms with Gasteiger partial charge in [0.2, 0.25) is 5.91 Å². The van der Waals surface area contributed by atoms with Crippen LogP contribution >= 0.6 is 0 Å². The van der Waals surface area contributed by atoms with Gasteiger partial charge in [0.05, 0.1) is 0 Å². The SMILES string of the molecule is CCN(CC)Cc1cccc(CNC(=O)[C@H]2CCN[C@@H](C)C2)c1. The third kappa shape index (κ3) is 5.63. The Morgan fingerprint density at radius 2 is 2.04 bits per heavy atom. The van der Waals surface area contributed by atoms with Crippen molar-refractivity contribution >= 4 is 5.91 Å². The number of nitrogens with zero attached hydrogens (tertiary/aromatic N) is 1. The first kappa shape index (κ1) is 18.0. The van der Waals surface area contributed by atoms with E-state index in [0.29, 0.717) is 12.6 Å². The van der Waals surface area contributed by atoms with Gasteiger partial charge in [0.15, 0.2) is 0 Å². The van der Waals surface area contributed by atoms with Gasteiger partial charge in [-0.3, -0.25) is 9.69 Å². The van der Waals surface area contributed by atoms with Gasteiger partial charge in [0, 0.05) is 25.0 Å². The van der Waals surface area contributed by atoms with E-state index in [4.69, 9.17) is 0 Å². The van der Waals surface area contributed by atoms with E-state index in [1.807, 2.05) is 0 Å². The quantitative estimate of drug-likeness (QED) is 0.812. The first-order chi connectivity index (χ1) is 11.1. The average molecular weight is 317 g/mol. The standard InChI is InChI=1S/C19H31N3O/c1-4-22(5-2)14-17-8-6-7-16(12-17)13-21-19(23)18-9-10-20-15(3)11-18/h6-8,12,15,18,20H,4-5,9-11,13-14H2,1-3H3,(H,21,23)/t15-,18-/m0/s1. The lowest BCUT2D eigenvalue weighted by Crippen LogP contribution is -2.42. The fourth-order valence-corrected chi connectivity index (χ4v) is 3.25. The van der Waals surface area contributed by atoms with Gasteiger partial charge in [-0.1, -0.05) is 38.1 Å². The van der Waals surface area contributed by atoms with E-state index in [9.17, 15) is 4.79 Å². The second kappa shape index (κ2) is 9.04. The molecule has 0 aromatic heterocycles. The lowest BCUT2D eigenvalue weighted by molar-refractivity contribution is -0.126. The van der Waals surface area contributed by atoms with Crippen molar-refractivity contribution in [1.82, 2.24) is 15.5 Å². The van der Waals surface area contributed by atoms with Gasteiger partial charge < -0.3 is 10.6 Å². The van der Waals surface area contributed by atoms with Crippen LogP contribution in [0.4, 0.5) is 0 Å². The lowest BCUT2D eigenvalue weighted by Gasteiger charge is -2.27. The molecule has 1 aromatic rings. The van der Waals surface area contributed by atoms with Crippen LogP contribution in [0.25, 0.3) is 0 Å². The van der Waals surface area contributed by atoms with Crippen LogP contribution in [-0.4, -0.2) is 36.5 Å². The van der Waals surface area contributed by atoms with E-state index >= 15 is 0 Å². The summed E-state index contributed by atoms with van der Waals surface area (Å²) in [6.07, 6.45) is 1.88. The Bertz CT molecular complexity index is 499. The Hall–Kier alpha value is -1.39. The van der Waals surface area contributed by atoms with Gasteiger partial charge in [-0.25, -0.2) is 0 Å². The monoisotopic (exact) mass is 317 g/mol. The molecule has 4 heteroatoms. The molecule has 1 heterocycles. The van der Waals surface area contributed by atoms with Crippen LogP contribution in [0.3, 0.4) is 0 Å². The first-order valence-corrected chi connectivity index (χ1v) is 8.93. The van der Waals surface area contributed by atoms with E-state index in [2.05, 4.69) is 60.6 Å². The van der Waals surface area contributed by atoms with Crippen molar-refractivity contribution in [3.05, 3.63) is 35.4 Å². The highest BCUT2D eigenvalue weighted by Gasteiger charge is 2.24. The molecule has 0 radical (unpaired) electrons. The minimum absolute atomic E-state index is 0.158. The molecule has 23 heavy (non-hydrogen) atoms. The maximum Gasteiger partial charge on any atom is 0.223 e. The van der Waals surface area contributed by atoms with Crippen LogP contribution < -0.4 is 10.6 Å². The Kier molecular flexibility index (Phi) is 7.06. The summed E-state index contributed by atoms with van der Waals surface area (Å²) in [7, 11) is 0. The van der Waals surface area contributed by atoms with Crippen molar-refractivity contribution in [3.63, 3.8) is 0 Å². The molecule has 1 aliphatic heterocycles. The zero-order valence-corrected chi connectivity index (χ0v) is 14.8. The Morgan fingerprint density at radius 3 is 2.74 bits per heavy atom. The normalized spacial score (nSPS) is 21.4. The summed E-state index contributed by atoms with van der Waals surface area (Å²) < 4.78 is 0. The highest BCUT2D eigenvalue weighted by Crippen LogP contribution is 2.16. The zero-order valence-electron chi connectivity index (χ0n) is 14.8. The Morgan fingerprint density at radius 1 is 1.30 bits per heavy atom. The fourth-order valence-electron chi connectivity index (χ4n) is 3.25. The summed E-state index contributed by atoms with van der Waals surface area (Å²) in [5, 5.41) is 6.51. The van der Waals surface area contributed by atoms with Crippen molar-refractivity contribution < 1.29 is 4.79 Å². The van der Waals surface area contributed by atoms with Gasteiger partial charge in [-0.15, -0.1) is 0 Å². The topological polar surface area (TPSA) is 44.4 Å². The van der Waals surface area contributed by atoms with Crippen molar-refractivity contribution in [2.45, 2.75) is 52.7 Å². The maximum absolute atomic E-state index is 12.3. The molecule has 2 rings (SSSR count). The molecular formula is C19H31N3O. The largest absolute Gasteiger partial charge is 0.352 e. The smallest absolute Gasteiger partial charge is 0.223 e. The van der Waals surface area contributed by atoms with Gasteiger partial charge in [-0.2, -0.15) is 0 Å². The van der Waals surface area contributed by atoms with Crippen LogP contribution in [0.15, 0.2) is 24.3 Å². The number of amides is 1. The highest BCUT2D eigenvalue weighted by atomic mass is 16.1. The molecule has 128 valence electrons. The van der Waals surface area contributed by atoms with Crippen molar-refractivity contribution in [2.24, 2.45) is 5.92 Å². The number of hydrogen-bond acceptors (Lipinski definition) is 3. The molecule has 1 fully saturated rings. The molecule has 1 amide bonds. The molecular weight excluding hydrogens is 286 g/mol. The second-order valence-electron chi connectivity index (χ2n) is 6.58. The third-order valence-electron chi connectivity index (χ3n) is 4.75. The fraction of sp³-hybridized carbons (Fsp3) is 0.632. The second-order valence-corrected chi connectivity index (χ2v) is 6.58. The summed E-state index contributed by atoms with van der Waals surface area (Å²) in [5.41, 5.74) is 2.50. The molecule has 1 saturated heterocycles. The van der Waals surface area contributed by atoms with Crippen LogP contribution in [0.1, 0.15) is 44.7 Å². The number of nitrogens with one attached hydrogen (secondary N) is 2. The predicted octanol–water partition coefficient (Wildman–Crippen LogP) is 2.53. The molecule has 0 spiro atoms. The van der Waals surface area contributed by atoms with Crippen molar-refractivity contribution in [3.8, 4) is 0 Å². The van der Waals surface area contributed by atoms with Crippen molar-refractivity contribution in [2.75, 3.05) is 19.6 Å². The molecule has 1 aromatic carbocycles. The van der Waals surface area contributed by atoms with Crippen molar-refractivity contribution in [1.29, 1.82) is 0 Å². The number of piperidine rings is 1. The van der Waals surface area contributed by atoms with E-state index < -0.39 is 0 Å². The summed E-state index contributed by atoms with van der Waals surface area (Å²) in [5.74, 6) is 0.359. The third-order valence-corrected chi connectivity index (χ3v) is 4.75. The Labute approximate surface area is 140 Å². The van der Waals surface area contributed by atoms with E-state index in [1.54, 1.807) is 0 Å². The number of rotatable bonds is 7. The highest BCUT2D eigenvalue weighted by molar-refractivity contribution is 5.78. The Balaban J connectivity index is 1.86. The first-order valence-electron chi connectivity index (χ1n) is 8.93. The number of hydrogen-bond donors (Lipinski definition) is 2. The number of carbonyl (C=O) groups excluding carboxylic acids is 1. The van der Waals surface area contributed by atoms with E-state index in [0.717, 1.165) is 39.0 Å². The molecule has 0 unspecified atom stereocenters. The lowest BCUT2D eigenvalue weighted by atomic mass is 9.92. The molecule has 0 saturated carbocycles. The van der Waals surface area contributed by atoms with E-state index in [-0.39, 0.29) is 11.8 Å². The van der Waals surface area contributed by atoms with Crippen LogP contribution in [0.2, 0.25) is 0 Å². The molecule has 1 aliphatic rings. The van der Waals surface area contributed by atoms with Gasteiger partial charge >= 0.3 is 0 Å². The summed E-state index contributed by atoms with van der Waals surface area (Å²) >= 11 is 0. The van der Waals surface area contributed by atoms with Crippen LogP contribution in [-0.2, 0) is 17.9 Å². The zero-order chi connectivity index (χ0) is 16.7. The number of benzene rings is 1. The minimum atomic E-state index is 0.158. The molecule has 0 aliphatic carbocycles. The summed E-state index contributed by atoms with van der Waals surface area (Å²) in [4.78, 5) is 14.7. The van der Waals surface area contributed by atoms with Gasteiger partial charge in [0.1, 0.15) is 0 Å².